The van der Waals surface area contributed by atoms with Gasteiger partial charge in [-0.15, -0.1) is 0 Å². The van der Waals surface area contributed by atoms with E-state index in [2.05, 4.69) is 74.5 Å². The van der Waals surface area contributed by atoms with Crippen molar-refractivity contribution in [3.63, 3.8) is 0 Å². The van der Waals surface area contributed by atoms with Gasteiger partial charge in [-0.05, 0) is 47.6 Å². The van der Waals surface area contributed by atoms with Gasteiger partial charge in [-0.3, -0.25) is 0 Å². The van der Waals surface area contributed by atoms with Crippen LogP contribution in [0.25, 0.3) is 0 Å². The van der Waals surface area contributed by atoms with Crippen LogP contribution in [-0.4, -0.2) is 0 Å². The SMILES string of the molecule is C=C(Br)/C=C1\C(=C/C)C2=C(C=CCC2C)C1(C)C. The molecule has 0 saturated carbocycles. The van der Waals surface area contributed by atoms with E-state index in [1.165, 1.54) is 22.3 Å². The van der Waals surface area contributed by atoms with Crippen molar-refractivity contribution in [1.29, 1.82) is 0 Å². The van der Waals surface area contributed by atoms with Gasteiger partial charge in [0.25, 0.3) is 0 Å². The third-order valence-electron chi connectivity index (χ3n) is 4.07. The Morgan fingerprint density at radius 2 is 2.17 bits per heavy atom. The van der Waals surface area contributed by atoms with Gasteiger partial charge in [0.05, 0.1) is 0 Å². The molecule has 0 nitrogen and oxygen atoms in total. The van der Waals surface area contributed by atoms with E-state index in [1.54, 1.807) is 0 Å². The average Bonchev–Trinajstić information content (AvgIpc) is 2.49. The van der Waals surface area contributed by atoms with Crippen LogP contribution in [-0.2, 0) is 0 Å². The molecule has 1 unspecified atom stereocenters. The second-order valence-corrected chi connectivity index (χ2v) is 6.72. The zero-order valence-corrected chi connectivity index (χ0v) is 13.3. The molecular formula is C17H21Br. The Kier molecular flexibility index (Phi) is 3.55. The molecule has 0 aromatic carbocycles. The first kappa shape index (κ1) is 13.6. The van der Waals surface area contributed by atoms with Crippen molar-refractivity contribution >= 4 is 15.9 Å². The first-order chi connectivity index (χ1) is 8.39. The van der Waals surface area contributed by atoms with Gasteiger partial charge in [-0.25, -0.2) is 0 Å². The maximum atomic E-state index is 3.97. The summed E-state index contributed by atoms with van der Waals surface area (Å²) in [6, 6.07) is 0. The largest absolute Gasteiger partial charge is 0.0847 e. The van der Waals surface area contributed by atoms with Gasteiger partial charge in [0, 0.05) is 9.90 Å². The molecule has 96 valence electrons. The minimum atomic E-state index is 0.0824. The fourth-order valence-corrected chi connectivity index (χ4v) is 3.40. The van der Waals surface area contributed by atoms with Gasteiger partial charge in [0.15, 0.2) is 0 Å². The molecule has 2 rings (SSSR count). The van der Waals surface area contributed by atoms with E-state index in [4.69, 9.17) is 0 Å². The van der Waals surface area contributed by atoms with Crippen molar-refractivity contribution < 1.29 is 0 Å². The highest BCUT2D eigenvalue weighted by Gasteiger charge is 2.41. The van der Waals surface area contributed by atoms with Crippen molar-refractivity contribution in [3.8, 4) is 0 Å². The number of hydrogen-bond donors (Lipinski definition) is 0. The zero-order chi connectivity index (χ0) is 13.5. The second-order valence-electron chi connectivity index (χ2n) is 5.70. The summed E-state index contributed by atoms with van der Waals surface area (Å²) in [5.74, 6) is 0.616. The summed E-state index contributed by atoms with van der Waals surface area (Å²) in [5.41, 5.74) is 5.89. The summed E-state index contributed by atoms with van der Waals surface area (Å²) in [5, 5.41) is 0. The highest BCUT2D eigenvalue weighted by molar-refractivity contribution is 9.11. The Hall–Kier alpha value is -0.820. The number of hydrogen-bond acceptors (Lipinski definition) is 0. The molecule has 0 radical (unpaired) electrons. The summed E-state index contributed by atoms with van der Waals surface area (Å²) >= 11 is 3.47. The quantitative estimate of drug-likeness (QED) is 0.583. The molecule has 0 aliphatic heterocycles. The molecule has 1 heteroatoms. The van der Waals surface area contributed by atoms with Crippen LogP contribution in [0.3, 0.4) is 0 Å². The topological polar surface area (TPSA) is 0 Å². The predicted octanol–water partition coefficient (Wildman–Crippen LogP) is 5.70. The number of halogens is 1. The molecule has 1 atom stereocenters. The smallest absolute Gasteiger partial charge is 0.0155 e. The van der Waals surface area contributed by atoms with Crippen LogP contribution in [0.15, 0.2) is 57.7 Å². The van der Waals surface area contributed by atoms with E-state index in [-0.39, 0.29) is 5.41 Å². The first-order valence-electron chi connectivity index (χ1n) is 6.54. The number of rotatable bonds is 1. The maximum absolute atomic E-state index is 3.97. The van der Waals surface area contributed by atoms with E-state index in [0.717, 1.165) is 10.9 Å². The molecule has 0 fully saturated rings. The van der Waals surface area contributed by atoms with Gasteiger partial charge < -0.3 is 0 Å². The normalized spacial score (nSPS) is 30.2. The van der Waals surface area contributed by atoms with E-state index >= 15 is 0 Å². The monoisotopic (exact) mass is 304 g/mol. The third-order valence-corrected chi connectivity index (χ3v) is 4.30. The van der Waals surface area contributed by atoms with Gasteiger partial charge in [-0.1, -0.05) is 61.5 Å². The van der Waals surface area contributed by atoms with Crippen LogP contribution < -0.4 is 0 Å². The van der Waals surface area contributed by atoms with Crippen LogP contribution >= 0.6 is 15.9 Å². The van der Waals surface area contributed by atoms with Gasteiger partial charge in [0.1, 0.15) is 0 Å². The standard InChI is InChI=1S/C17H21Br/c1-6-13-15(10-12(3)18)17(4,5)14-9-7-8-11(2)16(13)14/h6-7,9-11H,3,8H2,1-2,4-5H3/b13-6+,15-10+. The van der Waals surface area contributed by atoms with Crippen molar-refractivity contribution in [1.82, 2.24) is 0 Å². The molecule has 2 aliphatic carbocycles. The zero-order valence-electron chi connectivity index (χ0n) is 11.7. The Labute approximate surface area is 119 Å². The van der Waals surface area contributed by atoms with Gasteiger partial charge in [-0.2, -0.15) is 0 Å². The predicted molar refractivity (Wildman–Crippen MR) is 83.6 cm³/mol. The third kappa shape index (κ3) is 1.99. The molecule has 0 amide bonds. The van der Waals surface area contributed by atoms with Crippen molar-refractivity contribution in [3.05, 3.63) is 57.7 Å². The summed E-state index contributed by atoms with van der Waals surface area (Å²) in [7, 11) is 0. The first-order valence-corrected chi connectivity index (χ1v) is 7.33. The summed E-state index contributed by atoms with van der Waals surface area (Å²) < 4.78 is 0.946. The molecule has 0 N–H and O–H groups in total. The highest BCUT2D eigenvalue weighted by Crippen LogP contribution is 2.54. The lowest BCUT2D eigenvalue weighted by molar-refractivity contribution is 0.568. The van der Waals surface area contributed by atoms with Gasteiger partial charge in [0.2, 0.25) is 0 Å². The molecule has 2 aliphatic rings. The Morgan fingerprint density at radius 1 is 1.50 bits per heavy atom. The Balaban J connectivity index is 2.66. The lowest BCUT2D eigenvalue weighted by atomic mass is 9.79. The van der Waals surface area contributed by atoms with Crippen molar-refractivity contribution in [2.45, 2.75) is 34.1 Å². The van der Waals surface area contributed by atoms with Gasteiger partial charge >= 0.3 is 0 Å². The molecule has 0 saturated heterocycles. The summed E-state index contributed by atoms with van der Waals surface area (Å²) in [4.78, 5) is 0. The molecule has 0 aromatic rings. The molecule has 0 spiro atoms. The van der Waals surface area contributed by atoms with Crippen molar-refractivity contribution in [2.24, 2.45) is 11.3 Å². The Morgan fingerprint density at radius 3 is 2.72 bits per heavy atom. The Bertz CT molecular complexity index is 510. The fourth-order valence-electron chi connectivity index (χ4n) is 3.17. The molecule has 0 aromatic heterocycles. The van der Waals surface area contributed by atoms with E-state index in [9.17, 15) is 0 Å². The summed E-state index contributed by atoms with van der Waals surface area (Å²) in [6.07, 6.45) is 10.2. The van der Waals surface area contributed by atoms with Crippen LogP contribution in [0, 0.1) is 11.3 Å². The second kappa shape index (κ2) is 4.70. The molecule has 0 bridgehead atoms. The van der Waals surface area contributed by atoms with Crippen LogP contribution in [0.1, 0.15) is 34.1 Å². The molecule has 0 heterocycles. The fraction of sp³-hybridized carbons (Fsp3) is 0.412. The lowest BCUT2D eigenvalue weighted by Gasteiger charge is -2.25. The van der Waals surface area contributed by atoms with E-state index in [1.807, 2.05) is 0 Å². The van der Waals surface area contributed by atoms with Crippen LogP contribution in [0.4, 0.5) is 0 Å². The van der Waals surface area contributed by atoms with E-state index < -0.39 is 0 Å². The van der Waals surface area contributed by atoms with Crippen LogP contribution in [0.2, 0.25) is 0 Å². The van der Waals surface area contributed by atoms with Crippen molar-refractivity contribution in [2.75, 3.05) is 0 Å². The summed E-state index contributed by atoms with van der Waals surface area (Å²) in [6.45, 7) is 13.0. The number of allylic oxidation sites excluding steroid dienone is 9. The highest BCUT2D eigenvalue weighted by atomic mass is 79.9. The average molecular weight is 305 g/mol. The maximum Gasteiger partial charge on any atom is 0.0155 e. The minimum Gasteiger partial charge on any atom is -0.0847 e. The molecular weight excluding hydrogens is 284 g/mol. The van der Waals surface area contributed by atoms with E-state index in [0.29, 0.717) is 5.92 Å². The minimum absolute atomic E-state index is 0.0824. The van der Waals surface area contributed by atoms with Crippen LogP contribution in [0.5, 0.6) is 0 Å². The lowest BCUT2D eigenvalue weighted by Crippen LogP contribution is -2.13. The molecule has 18 heavy (non-hydrogen) atoms.